The highest BCUT2D eigenvalue weighted by Gasteiger charge is 2.31. The minimum Gasteiger partial charge on any atom is -0.497 e. The molecule has 1 N–H and O–H groups in total. The highest BCUT2D eigenvalue weighted by molar-refractivity contribution is 7.89. The van der Waals surface area contributed by atoms with Gasteiger partial charge in [0.2, 0.25) is 15.9 Å². The Labute approximate surface area is 200 Å². The zero-order valence-electron chi connectivity index (χ0n) is 19.5. The van der Waals surface area contributed by atoms with Crippen molar-refractivity contribution in [3.63, 3.8) is 0 Å². The van der Waals surface area contributed by atoms with Crippen LogP contribution in [-0.4, -0.2) is 76.6 Å². The monoisotopic (exact) mass is 489 g/mol. The lowest BCUT2D eigenvalue weighted by Crippen LogP contribution is -2.40. The number of rotatable bonds is 10. The molecular formula is C24H31N3O6S. The average molecular weight is 490 g/mol. The highest BCUT2D eigenvalue weighted by Crippen LogP contribution is 2.32. The average Bonchev–Trinajstić information content (AvgIpc) is 3.70. The topological polar surface area (TPSA) is 97.4 Å². The number of benzene rings is 2. The number of methoxy groups -OCH3 is 2. The molecule has 2 fully saturated rings. The number of nitrogens with one attached hydrogen (secondary N) is 1. The van der Waals surface area contributed by atoms with Gasteiger partial charge in [-0.25, -0.2) is 8.42 Å². The van der Waals surface area contributed by atoms with Crippen LogP contribution < -0.4 is 14.8 Å². The zero-order valence-corrected chi connectivity index (χ0v) is 20.3. The van der Waals surface area contributed by atoms with Crippen LogP contribution in [-0.2, 0) is 26.1 Å². The molecule has 0 radical (unpaired) electrons. The van der Waals surface area contributed by atoms with Gasteiger partial charge >= 0.3 is 0 Å². The fourth-order valence-corrected chi connectivity index (χ4v) is 5.49. The maximum Gasteiger partial charge on any atom is 0.243 e. The van der Waals surface area contributed by atoms with Gasteiger partial charge in [0.1, 0.15) is 11.5 Å². The van der Waals surface area contributed by atoms with E-state index in [9.17, 15) is 13.2 Å². The summed E-state index contributed by atoms with van der Waals surface area (Å²) in [5.74, 6) is 1.27. The first-order valence-electron chi connectivity index (χ1n) is 11.3. The van der Waals surface area contributed by atoms with E-state index in [1.54, 1.807) is 32.4 Å². The Bertz CT molecular complexity index is 1110. The number of ether oxygens (including phenoxy) is 3. The van der Waals surface area contributed by atoms with Crippen LogP contribution in [0, 0.1) is 0 Å². The second-order valence-corrected chi connectivity index (χ2v) is 10.3. The molecule has 2 aliphatic rings. The molecular weight excluding hydrogens is 458 g/mol. The van der Waals surface area contributed by atoms with E-state index in [1.807, 2.05) is 18.2 Å². The summed E-state index contributed by atoms with van der Waals surface area (Å²) in [5, 5.41) is 2.86. The molecule has 1 saturated carbocycles. The summed E-state index contributed by atoms with van der Waals surface area (Å²) in [6.45, 7) is 2.14. The minimum absolute atomic E-state index is 0.160. The van der Waals surface area contributed by atoms with Gasteiger partial charge in [-0.3, -0.25) is 9.69 Å². The van der Waals surface area contributed by atoms with Gasteiger partial charge < -0.3 is 19.5 Å². The Balaban J connectivity index is 1.44. The Morgan fingerprint density at radius 1 is 1.12 bits per heavy atom. The van der Waals surface area contributed by atoms with E-state index < -0.39 is 10.0 Å². The van der Waals surface area contributed by atoms with Crippen molar-refractivity contribution in [2.45, 2.75) is 30.3 Å². The number of carbonyl (C=O) groups excluding carboxylic acids is 1. The molecule has 2 aromatic carbocycles. The molecule has 1 aliphatic heterocycles. The van der Waals surface area contributed by atoms with Crippen molar-refractivity contribution in [3.8, 4) is 11.5 Å². The van der Waals surface area contributed by atoms with Gasteiger partial charge in [0.05, 0.1) is 38.9 Å². The highest BCUT2D eigenvalue weighted by atomic mass is 32.2. The summed E-state index contributed by atoms with van der Waals surface area (Å²) in [6.07, 6.45) is 2.07. The van der Waals surface area contributed by atoms with Crippen molar-refractivity contribution >= 4 is 21.6 Å². The van der Waals surface area contributed by atoms with Gasteiger partial charge in [-0.05, 0) is 49.2 Å². The second kappa shape index (κ2) is 10.7. The fraction of sp³-hybridized carbons (Fsp3) is 0.458. The summed E-state index contributed by atoms with van der Waals surface area (Å²) in [6, 6.07) is 12.3. The Morgan fingerprint density at radius 3 is 2.56 bits per heavy atom. The third-order valence-corrected chi connectivity index (χ3v) is 7.89. The van der Waals surface area contributed by atoms with Crippen LogP contribution in [0.15, 0.2) is 47.4 Å². The molecule has 0 unspecified atom stereocenters. The third-order valence-electron chi connectivity index (χ3n) is 6.00. The molecule has 1 heterocycles. The van der Waals surface area contributed by atoms with Crippen molar-refractivity contribution in [3.05, 3.63) is 48.0 Å². The normalized spacial score (nSPS) is 16.9. The van der Waals surface area contributed by atoms with E-state index in [-0.39, 0.29) is 17.3 Å². The molecule has 10 heteroatoms. The molecule has 1 amide bonds. The molecule has 4 rings (SSSR count). The first kappa shape index (κ1) is 24.5. The van der Waals surface area contributed by atoms with Crippen molar-refractivity contribution in [1.29, 1.82) is 0 Å². The van der Waals surface area contributed by atoms with Crippen LogP contribution >= 0.6 is 0 Å². The van der Waals surface area contributed by atoms with Gasteiger partial charge in [0, 0.05) is 36.9 Å². The van der Waals surface area contributed by atoms with Gasteiger partial charge in [-0.15, -0.1) is 0 Å². The van der Waals surface area contributed by atoms with Crippen molar-refractivity contribution < 1.29 is 27.4 Å². The number of carbonyl (C=O) groups is 1. The van der Waals surface area contributed by atoms with Gasteiger partial charge in [0.15, 0.2) is 0 Å². The predicted octanol–water partition coefficient (Wildman–Crippen LogP) is 2.33. The number of sulfonamides is 1. The number of hydrogen-bond acceptors (Lipinski definition) is 7. The molecule has 1 aliphatic carbocycles. The lowest BCUT2D eigenvalue weighted by atomic mass is 10.1. The molecule has 184 valence electrons. The zero-order chi connectivity index (χ0) is 24.1. The van der Waals surface area contributed by atoms with Crippen LogP contribution in [0.25, 0.3) is 0 Å². The minimum atomic E-state index is -3.64. The summed E-state index contributed by atoms with van der Waals surface area (Å²) < 4.78 is 43.4. The number of anilines is 1. The quantitative estimate of drug-likeness (QED) is 0.547. The van der Waals surface area contributed by atoms with E-state index in [4.69, 9.17) is 14.2 Å². The van der Waals surface area contributed by atoms with E-state index >= 15 is 0 Å². The number of amides is 1. The predicted molar refractivity (Wildman–Crippen MR) is 128 cm³/mol. The second-order valence-electron chi connectivity index (χ2n) is 8.41. The van der Waals surface area contributed by atoms with Gasteiger partial charge in [0.25, 0.3) is 0 Å². The van der Waals surface area contributed by atoms with Crippen molar-refractivity contribution in [2.75, 3.05) is 52.4 Å². The van der Waals surface area contributed by atoms with Crippen LogP contribution in [0.3, 0.4) is 0 Å². The SMILES string of the molecule is COc1ccc(OC)c(CN(CC(=O)Nc2cccc(S(=O)(=O)N3CCOCC3)c2)C2CC2)c1. The number of morpholine rings is 1. The molecule has 0 atom stereocenters. The Morgan fingerprint density at radius 2 is 1.88 bits per heavy atom. The van der Waals surface area contributed by atoms with E-state index in [2.05, 4.69) is 10.2 Å². The molecule has 1 saturated heterocycles. The van der Waals surface area contributed by atoms with E-state index in [0.717, 1.165) is 29.9 Å². The van der Waals surface area contributed by atoms with Crippen molar-refractivity contribution in [1.82, 2.24) is 9.21 Å². The number of hydrogen-bond donors (Lipinski definition) is 1. The standard InChI is InChI=1S/C24H31N3O6S/c1-31-21-8-9-23(32-2)18(14-21)16-26(20-6-7-20)17-24(28)25-19-4-3-5-22(15-19)34(29,30)27-10-12-33-13-11-27/h3-5,8-9,14-15,20H,6-7,10-13,16-17H2,1-2H3,(H,25,28). The molecule has 0 aromatic heterocycles. The number of nitrogens with zero attached hydrogens (tertiary/aromatic N) is 2. The first-order valence-corrected chi connectivity index (χ1v) is 12.8. The Hall–Kier alpha value is -2.66. The molecule has 2 aromatic rings. The van der Waals surface area contributed by atoms with Crippen LogP contribution in [0.1, 0.15) is 18.4 Å². The first-order chi connectivity index (χ1) is 16.4. The van der Waals surface area contributed by atoms with Crippen LogP contribution in [0.2, 0.25) is 0 Å². The van der Waals surface area contributed by atoms with Crippen LogP contribution in [0.4, 0.5) is 5.69 Å². The molecule has 0 bridgehead atoms. The maximum atomic E-state index is 12.9. The fourth-order valence-electron chi connectivity index (χ4n) is 4.03. The van der Waals surface area contributed by atoms with E-state index in [0.29, 0.717) is 44.6 Å². The smallest absolute Gasteiger partial charge is 0.243 e. The summed E-state index contributed by atoms with van der Waals surface area (Å²) in [5.41, 5.74) is 1.40. The largest absolute Gasteiger partial charge is 0.497 e. The van der Waals surface area contributed by atoms with Gasteiger partial charge in [-0.2, -0.15) is 4.31 Å². The summed E-state index contributed by atoms with van der Waals surface area (Å²) >= 11 is 0. The maximum absolute atomic E-state index is 12.9. The lowest BCUT2D eigenvalue weighted by molar-refractivity contribution is -0.117. The molecule has 0 spiro atoms. The lowest BCUT2D eigenvalue weighted by Gasteiger charge is -2.26. The summed E-state index contributed by atoms with van der Waals surface area (Å²) in [7, 11) is -0.397. The van der Waals surface area contributed by atoms with Gasteiger partial charge in [-0.1, -0.05) is 6.07 Å². The third kappa shape index (κ3) is 5.87. The summed E-state index contributed by atoms with van der Waals surface area (Å²) in [4.78, 5) is 15.2. The molecule has 9 nitrogen and oxygen atoms in total. The Kier molecular flexibility index (Phi) is 7.72. The van der Waals surface area contributed by atoms with Crippen LogP contribution in [0.5, 0.6) is 11.5 Å². The van der Waals surface area contributed by atoms with E-state index in [1.165, 1.54) is 10.4 Å². The van der Waals surface area contributed by atoms with Crippen molar-refractivity contribution in [2.24, 2.45) is 0 Å². The molecule has 34 heavy (non-hydrogen) atoms.